The molecule has 0 radical (unpaired) electrons. The number of amides is 2. The third-order valence-electron chi connectivity index (χ3n) is 2.83. The minimum atomic E-state index is -1.03. The van der Waals surface area contributed by atoms with Crippen LogP contribution in [-0.2, 0) is 9.59 Å². The number of carboxylic acid groups (broad SMARTS) is 1. The molecule has 2 amide bonds. The normalized spacial score (nSPS) is 10.4. The molecule has 24 heavy (non-hydrogen) atoms. The fraction of sp³-hybridized carbons (Fsp3) is 0. The van der Waals surface area contributed by atoms with Crippen LogP contribution in [0, 0.1) is 0 Å². The second kappa shape index (κ2) is 8.02. The van der Waals surface area contributed by atoms with E-state index < -0.39 is 17.8 Å². The maximum Gasteiger partial charge on any atom is 0.335 e. The Balaban J connectivity index is 1.89. The summed E-state index contributed by atoms with van der Waals surface area (Å²) in [6.45, 7) is 0. The van der Waals surface area contributed by atoms with E-state index in [-0.39, 0.29) is 5.56 Å². The first-order valence-electron chi connectivity index (χ1n) is 6.69. The smallest absolute Gasteiger partial charge is 0.335 e. The summed E-state index contributed by atoms with van der Waals surface area (Å²) < 4.78 is 0.767. The zero-order valence-corrected chi connectivity index (χ0v) is 13.8. The van der Waals surface area contributed by atoms with Crippen molar-refractivity contribution >= 4 is 45.6 Å². The van der Waals surface area contributed by atoms with Gasteiger partial charge < -0.3 is 10.4 Å². The van der Waals surface area contributed by atoms with Gasteiger partial charge in [-0.05, 0) is 35.9 Å². The number of carbonyl (C=O) groups is 3. The molecule has 0 saturated heterocycles. The molecule has 0 atom stereocenters. The molecule has 0 aliphatic carbocycles. The molecule has 0 aliphatic heterocycles. The van der Waals surface area contributed by atoms with E-state index in [1.54, 1.807) is 24.3 Å². The van der Waals surface area contributed by atoms with Crippen LogP contribution in [0.3, 0.4) is 0 Å². The number of carboxylic acids is 1. The van der Waals surface area contributed by atoms with Crippen molar-refractivity contribution in [3.05, 3.63) is 64.1 Å². The molecule has 2 rings (SSSR count). The van der Waals surface area contributed by atoms with Crippen LogP contribution in [0.5, 0.6) is 0 Å². The van der Waals surface area contributed by atoms with Crippen molar-refractivity contribution in [1.82, 2.24) is 5.43 Å². The molecular formula is C16H12BrN3O4. The molecule has 2 aromatic carbocycles. The highest BCUT2D eigenvalue weighted by Crippen LogP contribution is 2.15. The SMILES string of the molecule is O=C(N/N=C/c1ccc(C(=O)O)cc1)C(=O)Nc1cccc(Br)c1. The third-order valence-corrected chi connectivity index (χ3v) is 3.32. The van der Waals surface area contributed by atoms with Crippen molar-refractivity contribution in [2.24, 2.45) is 5.10 Å². The van der Waals surface area contributed by atoms with E-state index in [1.165, 1.54) is 30.5 Å². The highest BCUT2D eigenvalue weighted by Gasteiger charge is 2.12. The fourth-order valence-corrected chi connectivity index (χ4v) is 2.08. The van der Waals surface area contributed by atoms with Crippen LogP contribution in [0.4, 0.5) is 5.69 Å². The zero-order chi connectivity index (χ0) is 17.5. The van der Waals surface area contributed by atoms with E-state index >= 15 is 0 Å². The van der Waals surface area contributed by atoms with Gasteiger partial charge in [0.15, 0.2) is 0 Å². The van der Waals surface area contributed by atoms with Crippen LogP contribution in [0.1, 0.15) is 15.9 Å². The minimum Gasteiger partial charge on any atom is -0.478 e. The van der Waals surface area contributed by atoms with Gasteiger partial charge in [0.25, 0.3) is 0 Å². The van der Waals surface area contributed by atoms with Gasteiger partial charge in [-0.1, -0.05) is 34.1 Å². The molecule has 0 heterocycles. The Morgan fingerprint density at radius 1 is 1.04 bits per heavy atom. The summed E-state index contributed by atoms with van der Waals surface area (Å²) in [5.74, 6) is -2.81. The molecule has 2 aromatic rings. The van der Waals surface area contributed by atoms with Gasteiger partial charge in [-0.15, -0.1) is 0 Å². The fourth-order valence-electron chi connectivity index (χ4n) is 1.68. The Bertz CT molecular complexity index is 803. The van der Waals surface area contributed by atoms with Gasteiger partial charge in [0.2, 0.25) is 0 Å². The van der Waals surface area contributed by atoms with Crippen LogP contribution in [-0.4, -0.2) is 29.1 Å². The van der Waals surface area contributed by atoms with Gasteiger partial charge in [-0.2, -0.15) is 5.10 Å². The van der Waals surface area contributed by atoms with Crippen LogP contribution < -0.4 is 10.7 Å². The summed E-state index contributed by atoms with van der Waals surface area (Å²) in [5.41, 5.74) is 3.28. The van der Waals surface area contributed by atoms with Gasteiger partial charge in [-0.3, -0.25) is 9.59 Å². The first-order chi connectivity index (χ1) is 11.5. The number of aromatic carboxylic acids is 1. The lowest BCUT2D eigenvalue weighted by molar-refractivity contribution is -0.136. The van der Waals surface area contributed by atoms with Gasteiger partial charge in [-0.25, -0.2) is 10.2 Å². The lowest BCUT2D eigenvalue weighted by Gasteiger charge is -2.04. The standard InChI is InChI=1S/C16H12BrN3O4/c17-12-2-1-3-13(8-12)19-14(21)15(22)20-18-9-10-4-6-11(7-5-10)16(23)24/h1-9H,(H,19,21)(H,20,22)(H,23,24)/b18-9+. The van der Waals surface area contributed by atoms with Crippen LogP contribution in [0.2, 0.25) is 0 Å². The molecule has 0 bridgehead atoms. The number of nitrogens with zero attached hydrogens (tertiary/aromatic N) is 1. The highest BCUT2D eigenvalue weighted by molar-refractivity contribution is 9.10. The van der Waals surface area contributed by atoms with Crippen molar-refractivity contribution in [3.63, 3.8) is 0 Å². The predicted octanol–water partition coefficient (Wildman–Crippen LogP) is 2.24. The van der Waals surface area contributed by atoms with E-state index in [0.717, 1.165) is 4.47 Å². The molecule has 0 fully saturated rings. The largest absolute Gasteiger partial charge is 0.478 e. The molecule has 0 spiro atoms. The van der Waals surface area contributed by atoms with Gasteiger partial charge in [0, 0.05) is 10.2 Å². The summed E-state index contributed by atoms with van der Waals surface area (Å²) >= 11 is 3.26. The second-order valence-electron chi connectivity index (χ2n) is 4.59. The molecule has 0 saturated carbocycles. The number of nitrogens with one attached hydrogen (secondary N) is 2. The maximum atomic E-state index is 11.7. The highest BCUT2D eigenvalue weighted by atomic mass is 79.9. The Hall–Kier alpha value is -3.00. The number of hydrogen-bond acceptors (Lipinski definition) is 4. The first kappa shape index (κ1) is 17.4. The summed E-state index contributed by atoms with van der Waals surface area (Å²) in [4.78, 5) is 34.1. The monoisotopic (exact) mass is 389 g/mol. The van der Waals surface area contributed by atoms with Crippen LogP contribution in [0.25, 0.3) is 0 Å². The summed E-state index contributed by atoms with van der Waals surface area (Å²) in [6.07, 6.45) is 1.30. The number of benzene rings is 2. The third kappa shape index (κ3) is 5.03. The van der Waals surface area contributed by atoms with Crippen molar-refractivity contribution in [2.75, 3.05) is 5.32 Å². The molecule has 0 aromatic heterocycles. The number of hydrazone groups is 1. The lowest BCUT2D eigenvalue weighted by atomic mass is 10.1. The topological polar surface area (TPSA) is 108 Å². The quantitative estimate of drug-likeness (QED) is 0.423. The number of halogens is 1. The molecule has 7 nitrogen and oxygen atoms in total. The Morgan fingerprint density at radius 2 is 1.75 bits per heavy atom. The van der Waals surface area contributed by atoms with E-state index in [9.17, 15) is 14.4 Å². The Kier molecular flexibility index (Phi) is 5.80. The summed E-state index contributed by atoms with van der Waals surface area (Å²) in [5, 5.41) is 14.9. The van der Waals surface area contributed by atoms with Gasteiger partial charge >= 0.3 is 17.8 Å². The molecule has 0 unspecified atom stereocenters. The summed E-state index contributed by atoms with van der Waals surface area (Å²) in [6, 6.07) is 12.7. The molecule has 3 N–H and O–H groups in total. The van der Waals surface area contributed by atoms with Crippen molar-refractivity contribution in [3.8, 4) is 0 Å². The average Bonchev–Trinajstić information content (AvgIpc) is 2.55. The average molecular weight is 390 g/mol. The van der Waals surface area contributed by atoms with Gasteiger partial charge in [0.1, 0.15) is 0 Å². The lowest BCUT2D eigenvalue weighted by Crippen LogP contribution is -2.32. The van der Waals surface area contributed by atoms with Crippen molar-refractivity contribution in [2.45, 2.75) is 0 Å². The molecule has 122 valence electrons. The van der Waals surface area contributed by atoms with Gasteiger partial charge in [0.05, 0.1) is 11.8 Å². The predicted molar refractivity (Wildman–Crippen MR) is 91.9 cm³/mol. The van der Waals surface area contributed by atoms with Crippen LogP contribution >= 0.6 is 15.9 Å². The molecule has 8 heteroatoms. The minimum absolute atomic E-state index is 0.143. The summed E-state index contributed by atoms with van der Waals surface area (Å²) in [7, 11) is 0. The van der Waals surface area contributed by atoms with E-state index in [4.69, 9.17) is 5.11 Å². The Morgan fingerprint density at radius 3 is 2.38 bits per heavy atom. The number of anilines is 1. The Labute approximate surface area is 145 Å². The number of hydrogen-bond donors (Lipinski definition) is 3. The second-order valence-corrected chi connectivity index (χ2v) is 5.51. The van der Waals surface area contributed by atoms with E-state index in [0.29, 0.717) is 11.3 Å². The maximum absolute atomic E-state index is 11.7. The van der Waals surface area contributed by atoms with Crippen molar-refractivity contribution < 1.29 is 19.5 Å². The molecule has 0 aliphatic rings. The van der Waals surface area contributed by atoms with Crippen molar-refractivity contribution in [1.29, 1.82) is 0 Å². The number of carbonyl (C=O) groups excluding carboxylic acids is 2. The van der Waals surface area contributed by atoms with E-state index in [2.05, 4.69) is 31.8 Å². The number of rotatable bonds is 4. The van der Waals surface area contributed by atoms with Crippen LogP contribution in [0.15, 0.2) is 58.1 Å². The van der Waals surface area contributed by atoms with E-state index in [1.807, 2.05) is 0 Å². The molecular weight excluding hydrogens is 378 g/mol. The zero-order valence-electron chi connectivity index (χ0n) is 12.2. The first-order valence-corrected chi connectivity index (χ1v) is 7.48.